The van der Waals surface area contributed by atoms with Crippen LogP contribution >= 0.6 is 12.4 Å². The fraction of sp³-hybridized carbons (Fsp3) is 0.588. The highest BCUT2D eigenvalue weighted by atomic mass is 35.5. The van der Waals surface area contributed by atoms with Gasteiger partial charge in [0.05, 0.1) is 5.56 Å². The molecule has 0 N–H and O–H groups in total. The molecule has 1 atom stereocenters. The van der Waals surface area contributed by atoms with Gasteiger partial charge in [-0.1, -0.05) is 57.7 Å². The summed E-state index contributed by atoms with van der Waals surface area (Å²) in [6.07, 6.45) is 8.20. The van der Waals surface area contributed by atoms with E-state index in [1.165, 1.54) is 25.7 Å². The Morgan fingerprint density at radius 3 is 2.30 bits per heavy atom. The number of ether oxygens (including phenoxy) is 1. The number of carbonyl (C=O) groups excluding carboxylic acids is 1. The quantitative estimate of drug-likeness (QED) is 0.450. The average Bonchev–Trinajstić information content (AvgIpc) is 2.46. The van der Waals surface area contributed by atoms with E-state index in [1.54, 1.807) is 12.1 Å². The molecule has 1 aromatic rings. The van der Waals surface area contributed by atoms with Crippen molar-refractivity contribution in [2.24, 2.45) is 0 Å². The van der Waals surface area contributed by atoms with Crippen LogP contribution in [0.5, 0.6) is 0 Å². The molecule has 1 unspecified atom stereocenters. The van der Waals surface area contributed by atoms with Gasteiger partial charge in [0.2, 0.25) is 0 Å². The maximum Gasteiger partial charge on any atom is 0.338 e. The third-order valence-electron chi connectivity index (χ3n) is 3.37. The molecular formula is C17H27ClO2. The molecule has 0 aliphatic heterocycles. The second-order valence-electron chi connectivity index (χ2n) is 5.00. The minimum Gasteiger partial charge on any atom is -0.459 e. The minimum atomic E-state index is -0.194. The van der Waals surface area contributed by atoms with E-state index >= 15 is 0 Å². The van der Waals surface area contributed by atoms with Crippen molar-refractivity contribution >= 4 is 18.4 Å². The van der Waals surface area contributed by atoms with Crippen molar-refractivity contribution in [1.82, 2.24) is 0 Å². The lowest BCUT2D eigenvalue weighted by Gasteiger charge is -2.16. The zero-order chi connectivity index (χ0) is 13.9. The summed E-state index contributed by atoms with van der Waals surface area (Å²) in [5.74, 6) is -0.194. The molecule has 0 heterocycles. The van der Waals surface area contributed by atoms with Gasteiger partial charge in [-0.25, -0.2) is 4.79 Å². The Bertz CT molecular complexity index is 351. The molecule has 0 spiro atoms. The van der Waals surface area contributed by atoms with E-state index in [0.717, 1.165) is 19.3 Å². The molecule has 0 amide bonds. The van der Waals surface area contributed by atoms with Crippen LogP contribution in [-0.4, -0.2) is 12.1 Å². The minimum absolute atomic E-state index is 0. The summed E-state index contributed by atoms with van der Waals surface area (Å²) in [6.45, 7) is 4.30. The van der Waals surface area contributed by atoms with Crippen molar-refractivity contribution in [1.29, 1.82) is 0 Å². The monoisotopic (exact) mass is 298 g/mol. The topological polar surface area (TPSA) is 26.3 Å². The van der Waals surface area contributed by atoms with Gasteiger partial charge in [-0.3, -0.25) is 0 Å². The van der Waals surface area contributed by atoms with Crippen LogP contribution < -0.4 is 0 Å². The normalized spacial score (nSPS) is 11.5. The maximum atomic E-state index is 11.9. The van der Waals surface area contributed by atoms with Crippen molar-refractivity contribution < 1.29 is 9.53 Å². The van der Waals surface area contributed by atoms with Crippen LogP contribution in [0.15, 0.2) is 30.3 Å². The lowest BCUT2D eigenvalue weighted by molar-refractivity contribution is 0.0267. The molecule has 0 aliphatic carbocycles. The van der Waals surface area contributed by atoms with Crippen LogP contribution in [0.4, 0.5) is 0 Å². The van der Waals surface area contributed by atoms with Gasteiger partial charge in [-0.2, -0.15) is 0 Å². The number of benzene rings is 1. The van der Waals surface area contributed by atoms with Gasteiger partial charge < -0.3 is 4.74 Å². The van der Waals surface area contributed by atoms with Gasteiger partial charge in [-0.05, 0) is 31.4 Å². The van der Waals surface area contributed by atoms with E-state index in [-0.39, 0.29) is 24.5 Å². The van der Waals surface area contributed by atoms with Crippen LogP contribution in [0.1, 0.15) is 69.2 Å². The summed E-state index contributed by atoms with van der Waals surface area (Å²) in [4.78, 5) is 11.9. The summed E-state index contributed by atoms with van der Waals surface area (Å²) in [6, 6.07) is 9.24. The summed E-state index contributed by atoms with van der Waals surface area (Å²) in [7, 11) is 0. The summed E-state index contributed by atoms with van der Waals surface area (Å²) >= 11 is 0. The second kappa shape index (κ2) is 11.8. The van der Waals surface area contributed by atoms with Gasteiger partial charge in [0, 0.05) is 0 Å². The molecular weight excluding hydrogens is 272 g/mol. The van der Waals surface area contributed by atoms with Crippen LogP contribution in [-0.2, 0) is 4.74 Å². The number of esters is 1. The van der Waals surface area contributed by atoms with Gasteiger partial charge in [0.25, 0.3) is 0 Å². The number of halogens is 1. The Kier molecular flexibility index (Phi) is 11.2. The van der Waals surface area contributed by atoms with Crippen molar-refractivity contribution in [2.45, 2.75) is 64.9 Å². The molecule has 20 heavy (non-hydrogen) atoms. The Labute approximate surface area is 129 Å². The molecule has 0 aromatic heterocycles. The molecule has 0 fully saturated rings. The third kappa shape index (κ3) is 7.54. The maximum absolute atomic E-state index is 11.9. The lowest BCUT2D eigenvalue weighted by Crippen LogP contribution is -2.17. The molecule has 1 rings (SSSR count). The third-order valence-corrected chi connectivity index (χ3v) is 3.37. The number of unbranched alkanes of at least 4 members (excludes halogenated alkanes) is 4. The first-order chi connectivity index (χ1) is 9.27. The fourth-order valence-electron chi connectivity index (χ4n) is 2.12. The first kappa shape index (κ1) is 19.0. The van der Waals surface area contributed by atoms with Crippen molar-refractivity contribution in [3.63, 3.8) is 0 Å². The molecule has 0 radical (unpaired) electrons. The molecule has 2 nitrogen and oxygen atoms in total. The van der Waals surface area contributed by atoms with Gasteiger partial charge >= 0.3 is 5.97 Å². The van der Waals surface area contributed by atoms with Gasteiger partial charge in [-0.15, -0.1) is 12.4 Å². The Morgan fingerprint density at radius 2 is 1.70 bits per heavy atom. The van der Waals surface area contributed by atoms with E-state index in [4.69, 9.17) is 4.74 Å². The molecule has 0 saturated heterocycles. The second-order valence-corrected chi connectivity index (χ2v) is 5.00. The molecule has 1 aromatic carbocycles. The lowest BCUT2D eigenvalue weighted by atomic mass is 10.1. The molecule has 114 valence electrons. The van der Waals surface area contributed by atoms with Crippen LogP contribution in [0.25, 0.3) is 0 Å². The number of carbonyl (C=O) groups is 1. The number of hydrogen-bond acceptors (Lipinski definition) is 2. The van der Waals surface area contributed by atoms with Crippen molar-refractivity contribution in [3.8, 4) is 0 Å². The predicted octanol–water partition coefficient (Wildman–Crippen LogP) is 5.40. The van der Waals surface area contributed by atoms with E-state index in [0.29, 0.717) is 5.56 Å². The Balaban J connectivity index is 0.00000361. The van der Waals surface area contributed by atoms with E-state index in [2.05, 4.69) is 13.8 Å². The van der Waals surface area contributed by atoms with E-state index < -0.39 is 0 Å². The SMILES string of the molecule is CCCCCCCC(CC)OC(=O)c1ccccc1.Cl. The largest absolute Gasteiger partial charge is 0.459 e. The van der Waals surface area contributed by atoms with E-state index in [1.807, 2.05) is 18.2 Å². The molecule has 0 aliphatic rings. The first-order valence-corrected chi connectivity index (χ1v) is 7.54. The highest BCUT2D eigenvalue weighted by Gasteiger charge is 2.13. The fourth-order valence-corrected chi connectivity index (χ4v) is 2.12. The standard InChI is InChI=1S/C17H26O2.ClH/c1-3-5-6-7-11-14-16(4-2)19-17(18)15-12-9-8-10-13-15;/h8-10,12-13,16H,3-7,11,14H2,1-2H3;1H. The summed E-state index contributed by atoms with van der Waals surface area (Å²) in [5.41, 5.74) is 0.645. The molecule has 0 saturated carbocycles. The van der Waals surface area contributed by atoms with Crippen molar-refractivity contribution in [3.05, 3.63) is 35.9 Å². The van der Waals surface area contributed by atoms with E-state index in [9.17, 15) is 4.79 Å². The van der Waals surface area contributed by atoms with Crippen LogP contribution in [0, 0.1) is 0 Å². The van der Waals surface area contributed by atoms with Crippen LogP contribution in [0.3, 0.4) is 0 Å². The highest BCUT2D eigenvalue weighted by molar-refractivity contribution is 5.89. The molecule has 0 bridgehead atoms. The zero-order valence-corrected chi connectivity index (χ0v) is 13.5. The average molecular weight is 299 g/mol. The van der Waals surface area contributed by atoms with Gasteiger partial charge in [0.1, 0.15) is 6.10 Å². The predicted molar refractivity (Wildman–Crippen MR) is 86.6 cm³/mol. The summed E-state index contributed by atoms with van der Waals surface area (Å²) < 4.78 is 5.55. The summed E-state index contributed by atoms with van der Waals surface area (Å²) in [5, 5.41) is 0. The Morgan fingerprint density at radius 1 is 1.05 bits per heavy atom. The zero-order valence-electron chi connectivity index (χ0n) is 12.6. The van der Waals surface area contributed by atoms with Crippen LogP contribution in [0.2, 0.25) is 0 Å². The van der Waals surface area contributed by atoms with Crippen molar-refractivity contribution in [2.75, 3.05) is 0 Å². The smallest absolute Gasteiger partial charge is 0.338 e. The highest BCUT2D eigenvalue weighted by Crippen LogP contribution is 2.14. The number of hydrogen-bond donors (Lipinski definition) is 0. The number of rotatable bonds is 9. The Hall–Kier alpha value is -1.02. The molecule has 3 heteroatoms. The van der Waals surface area contributed by atoms with Gasteiger partial charge in [0.15, 0.2) is 0 Å². The first-order valence-electron chi connectivity index (χ1n) is 7.54.